The lowest BCUT2D eigenvalue weighted by atomic mass is 10.1. The molecule has 2 aromatic carbocycles. The lowest BCUT2D eigenvalue weighted by molar-refractivity contribution is 0.0977. The van der Waals surface area contributed by atoms with Crippen molar-refractivity contribution in [1.29, 1.82) is 0 Å². The summed E-state index contributed by atoms with van der Waals surface area (Å²) in [6, 6.07) is 13.4. The minimum Gasteiger partial charge on any atom is -0.332 e. The first kappa shape index (κ1) is 15.9. The highest BCUT2D eigenvalue weighted by atomic mass is 127. The molecule has 0 heterocycles. The van der Waals surface area contributed by atoms with Crippen molar-refractivity contribution >= 4 is 51.5 Å². The molecule has 2 N–H and O–H groups in total. The Balaban J connectivity index is 2.03. The first-order valence-corrected chi connectivity index (χ1v) is 7.89. The first-order valence-electron chi connectivity index (χ1n) is 6.41. The smallest absolute Gasteiger partial charge is 0.257 e. The Kier molecular flexibility index (Phi) is 5.30. The zero-order chi connectivity index (χ0) is 15.4. The fourth-order valence-electron chi connectivity index (χ4n) is 1.91. The van der Waals surface area contributed by atoms with Gasteiger partial charge in [-0.3, -0.25) is 10.1 Å². The summed E-state index contributed by atoms with van der Waals surface area (Å²) in [5.74, 6) is -0.212. The number of halogens is 1. The minimum atomic E-state index is -0.212. The van der Waals surface area contributed by atoms with E-state index in [0.29, 0.717) is 10.7 Å². The normalized spacial score (nSPS) is 10.0. The first-order chi connectivity index (χ1) is 9.95. The molecule has 0 aliphatic carbocycles. The molecule has 0 radical (unpaired) electrons. The predicted octanol–water partition coefficient (Wildman–Crippen LogP) is 4.03. The monoisotopic (exact) mass is 410 g/mol. The van der Waals surface area contributed by atoms with Crippen LogP contribution in [0, 0.1) is 17.4 Å². The lowest BCUT2D eigenvalue weighted by Gasteiger charge is -2.12. The van der Waals surface area contributed by atoms with Crippen molar-refractivity contribution in [2.45, 2.75) is 13.8 Å². The summed E-state index contributed by atoms with van der Waals surface area (Å²) in [6.45, 7) is 4.03. The van der Waals surface area contributed by atoms with Gasteiger partial charge in [-0.1, -0.05) is 23.8 Å². The molecule has 0 fully saturated rings. The fraction of sp³-hybridized carbons (Fsp3) is 0.125. The number of hydrogen-bond donors (Lipinski definition) is 2. The van der Waals surface area contributed by atoms with Gasteiger partial charge in [-0.05, 0) is 78.5 Å². The third-order valence-corrected chi connectivity index (χ3v) is 3.82. The summed E-state index contributed by atoms with van der Waals surface area (Å²) in [6.07, 6.45) is 0. The van der Waals surface area contributed by atoms with Crippen LogP contribution in [0.3, 0.4) is 0 Å². The van der Waals surface area contributed by atoms with Crippen molar-refractivity contribution in [2.24, 2.45) is 0 Å². The van der Waals surface area contributed by atoms with Gasteiger partial charge in [-0.15, -0.1) is 0 Å². The van der Waals surface area contributed by atoms with E-state index in [1.165, 1.54) is 5.56 Å². The molecule has 0 saturated carbocycles. The third kappa shape index (κ3) is 4.50. The maximum absolute atomic E-state index is 12.1. The molecule has 2 aromatic rings. The molecular weight excluding hydrogens is 395 g/mol. The average Bonchev–Trinajstić information content (AvgIpc) is 2.42. The van der Waals surface area contributed by atoms with Crippen molar-refractivity contribution in [3.05, 3.63) is 62.7 Å². The van der Waals surface area contributed by atoms with E-state index in [1.54, 1.807) is 6.07 Å². The van der Waals surface area contributed by atoms with Gasteiger partial charge in [0.2, 0.25) is 0 Å². The van der Waals surface area contributed by atoms with Crippen molar-refractivity contribution in [1.82, 2.24) is 5.32 Å². The number of nitrogens with one attached hydrogen (secondary N) is 2. The van der Waals surface area contributed by atoms with Gasteiger partial charge in [0.25, 0.3) is 5.91 Å². The van der Waals surface area contributed by atoms with Crippen LogP contribution in [0.4, 0.5) is 5.69 Å². The molecule has 0 aromatic heterocycles. The number of rotatable bonds is 2. The lowest BCUT2D eigenvalue weighted by Crippen LogP contribution is -2.34. The summed E-state index contributed by atoms with van der Waals surface area (Å²) in [7, 11) is 0. The molecule has 108 valence electrons. The number of carbonyl (C=O) groups is 1. The molecular formula is C16H15IN2OS. The molecule has 0 saturated heterocycles. The summed E-state index contributed by atoms with van der Waals surface area (Å²) in [5, 5.41) is 6.04. The standard InChI is InChI=1S/C16H15IN2OS/c1-10-6-7-14(11(2)8-10)18-16(21)19-15(20)12-4-3-5-13(17)9-12/h3-9H,1-2H3,(H2,18,19,20,21). The van der Waals surface area contributed by atoms with Gasteiger partial charge in [0.1, 0.15) is 0 Å². The molecule has 0 aliphatic heterocycles. The molecule has 0 bridgehead atoms. The summed E-state index contributed by atoms with van der Waals surface area (Å²) >= 11 is 7.36. The largest absolute Gasteiger partial charge is 0.332 e. The SMILES string of the molecule is Cc1ccc(NC(=S)NC(=O)c2cccc(I)c2)c(C)c1. The van der Waals surface area contributed by atoms with Crippen LogP contribution in [0.5, 0.6) is 0 Å². The van der Waals surface area contributed by atoms with Crippen LogP contribution < -0.4 is 10.6 Å². The van der Waals surface area contributed by atoms with Gasteiger partial charge < -0.3 is 5.32 Å². The van der Waals surface area contributed by atoms with Gasteiger partial charge in [-0.25, -0.2) is 0 Å². The van der Waals surface area contributed by atoms with Crippen LogP contribution in [0.15, 0.2) is 42.5 Å². The van der Waals surface area contributed by atoms with Crippen LogP contribution in [0.1, 0.15) is 21.5 Å². The minimum absolute atomic E-state index is 0.212. The second-order valence-corrected chi connectivity index (χ2v) is 6.39. The predicted molar refractivity (Wildman–Crippen MR) is 98.8 cm³/mol. The van der Waals surface area contributed by atoms with Gasteiger partial charge in [0.15, 0.2) is 5.11 Å². The molecule has 0 aliphatic rings. The van der Waals surface area contributed by atoms with Crippen LogP contribution in [-0.4, -0.2) is 11.0 Å². The van der Waals surface area contributed by atoms with E-state index in [9.17, 15) is 4.79 Å². The van der Waals surface area contributed by atoms with Crippen LogP contribution in [0.2, 0.25) is 0 Å². The van der Waals surface area contributed by atoms with Crippen molar-refractivity contribution in [3.63, 3.8) is 0 Å². The molecule has 1 amide bonds. The Morgan fingerprint density at radius 1 is 1.14 bits per heavy atom. The molecule has 5 heteroatoms. The number of carbonyl (C=O) groups excluding carboxylic acids is 1. The highest BCUT2D eigenvalue weighted by Crippen LogP contribution is 2.16. The number of hydrogen-bond acceptors (Lipinski definition) is 2. The van der Waals surface area contributed by atoms with Crippen molar-refractivity contribution in [3.8, 4) is 0 Å². The second kappa shape index (κ2) is 7.00. The molecule has 0 unspecified atom stereocenters. The van der Waals surface area contributed by atoms with Crippen molar-refractivity contribution in [2.75, 3.05) is 5.32 Å². The van der Waals surface area contributed by atoms with Crippen molar-refractivity contribution < 1.29 is 4.79 Å². The number of benzene rings is 2. The molecule has 0 spiro atoms. The van der Waals surface area contributed by atoms with Crippen LogP contribution >= 0.6 is 34.8 Å². The molecule has 21 heavy (non-hydrogen) atoms. The number of amides is 1. The Morgan fingerprint density at radius 2 is 1.90 bits per heavy atom. The summed E-state index contributed by atoms with van der Waals surface area (Å²) in [4.78, 5) is 12.1. The van der Waals surface area contributed by atoms with E-state index in [2.05, 4.69) is 39.3 Å². The maximum Gasteiger partial charge on any atom is 0.257 e. The molecule has 0 atom stereocenters. The topological polar surface area (TPSA) is 41.1 Å². The Bertz CT molecular complexity index is 700. The zero-order valence-corrected chi connectivity index (χ0v) is 14.7. The summed E-state index contributed by atoms with van der Waals surface area (Å²) in [5.41, 5.74) is 3.76. The molecule has 3 nitrogen and oxygen atoms in total. The van der Waals surface area contributed by atoms with E-state index >= 15 is 0 Å². The van der Waals surface area contributed by atoms with Gasteiger partial charge >= 0.3 is 0 Å². The van der Waals surface area contributed by atoms with E-state index in [-0.39, 0.29) is 5.91 Å². The fourth-order valence-corrected chi connectivity index (χ4v) is 2.66. The maximum atomic E-state index is 12.1. The Labute approximate surface area is 143 Å². The Hall–Kier alpha value is -1.47. The number of thiocarbonyl (C=S) groups is 1. The van der Waals surface area contributed by atoms with E-state index < -0.39 is 0 Å². The quantitative estimate of drug-likeness (QED) is 0.580. The van der Waals surface area contributed by atoms with Crippen LogP contribution in [-0.2, 0) is 0 Å². The molecule has 2 rings (SSSR count). The third-order valence-electron chi connectivity index (χ3n) is 2.94. The number of aryl methyl sites for hydroxylation is 2. The summed E-state index contributed by atoms with van der Waals surface area (Å²) < 4.78 is 1.01. The van der Waals surface area contributed by atoms with Gasteiger partial charge in [0, 0.05) is 14.8 Å². The van der Waals surface area contributed by atoms with Gasteiger partial charge in [0.05, 0.1) is 0 Å². The zero-order valence-electron chi connectivity index (χ0n) is 11.7. The van der Waals surface area contributed by atoms with Gasteiger partial charge in [-0.2, -0.15) is 0 Å². The van der Waals surface area contributed by atoms with E-state index in [0.717, 1.165) is 14.8 Å². The average molecular weight is 410 g/mol. The van der Waals surface area contributed by atoms with Crippen LogP contribution in [0.25, 0.3) is 0 Å². The van der Waals surface area contributed by atoms with E-state index in [4.69, 9.17) is 12.2 Å². The highest BCUT2D eigenvalue weighted by molar-refractivity contribution is 14.1. The van der Waals surface area contributed by atoms with E-state index in [1.807, 2.05) is 44.2 Å². The number of anilines is 1. The Morgan fingerprint density at radius 3 is 2.57 bits per heavy atom. The highest BCUT2D eigenvalue weighted by Gasteiger charge is 2.09. The second-order valence-electron chi connectivity index (χ2n) is 4.74.